The Kier molecular flexibility index (Phi) is 4.55. The summed E-state index contributed by atoms with van der Waals surface area (Å²) in [5.74, 6) is 0.148. The van der Waals surface area contributed by atoms with Gasteiger partial charge in [-0.05, 0) is 49.8 Å². The topological polar surface area (TPSA) is 57.7 Å². The lowest BCUT2D eigenvalue weighted by atomic mass is 9.81. The van der Waals surface area contributed by atoms with Crippen LogP contribution in [0.5, 0.6) is 0 Å². The highest BCUT2D eigenvalue weighted by Crippen LogP contribution is 2.40. The van der Waals surface area contributed by atoms with E-state index < -0.39 is 0 Å². The second-order valence-corrected chi connectivity index (χ2v) is 8.03. The summed E-state index contributed by atoms with van der Waals surface area (Å²) in [6.07, 6.45) is 5.68. The SMILES string of the molecule is CC1CCN(C(=O)c2cccc(N3C(=O)[C@H]4CCCC[C@@H]4C3=O)c2)CC1. The first-order chi connectivity index (χ1) is 12.6. The number of likely N-dealkylation sites (tertiary alicyclic amines) is 1. The summed E-state index contributed by atoms with van der Waals surface area (Å²) in [7, 11) is 0. The maximum absolute atomic E-state index is 12.8. The lowest BCUT2D eigenvalue weighted by molar-refractivity contribution is -0.122. The number of amides is 3. The fourth-order valence-electron chi connectivity index (χ4n) is 4.59. The molecule has 1 aliphatic carbocycles. The molecule has 1 aromatic carbocycles. The van der Waals surface area contributed by atoms with Crippen molar-refractivity contribution in [2.45, 2.75) is 45.4 Å². The molecule has 3 fully saturated rings. The number of anilines is 1. The molecule has 1 saturated carbocycles. The molecule has 138 valence electrons. The molecule has 1 aromatic rings. The third-order valence-electron chi connectivity index (χ3n) is 6.26. The molecule has 0 bridgehead atoms. The fraction of sp³-hybridized carbons (Fsp3) is 0.571. The lowest BCUT2D eigenvalue weighted by Crippen LogP contribution is -2.38. The molecule has 2 saturated heterocycles. The molecule has 26 heavy (non-hydrogen) atoms. The molecular weight excluding hydrogens is 328 g/mol. The molecule has 0 aromatic heterocycles. The van der Waals surface area contributed by atoms with Crippen molar-refractivity contribution in [1.29, 1.82) is 0 Å². The van der Waals surface area contributed by atoms with E-state index in [4.69, 9.17) is 0 Å². The second kappa shape index (κ2) is 6.86. The van der Waals surface area contributed by atoms with Crippen molar-refractivity contribution < 1.29 is 14.4 Å². The highest BCUT2D eigenvalue weighted by molar-refractivity contribution is 6.22. The fourth-order valence-corrected chi connectivity index (χ4v) is 4.59. The molecule has 2 aliphatic heterocycles. The summed E-state index contributed by atoms with van der Waals surface area (Å²) in [4.78, 5) is 41.6. The van der Waals surface area contributed by atoms with Crippen LogP contribution in [0.1, 0.15) is 55.8 Å². The monoisotopic (exact) mass is 354 g/mol. The summed E-state index contributed by atoms with van der Waals surface area (Å²) in [5, 5.41) is 0. The average Bonchev–Trinajstić information content (AvgIpc) is 2.93. The van der Waals surface area contributed by atoms with Crippen molar-refractivity contribution >= 4 is 23.4 Å². The zero-order valence-corrected chi connectivity index (χ0v) is 15.3. The smallest absolute Gasteiger partial charge is 0.253 e. The second-order valence-electron chi connectivity index (χ2n) is 8.03. The molecule has 0 N–H and O–H groups in total. The molecule has 3 amide bonds. The molecular formula is C21H26N2O3. The minimum Gasteiger partial charge on any atom is -0.339 e. The van der Waals surface area contributed by atoms with E-state index in [1.54, 1.807) is 24.3 Å². The van der Waals surface area contributed by atoms with Crippen molar-refractivity contribution in [3.63, 3.8) is 0 Å². The van der Waals surface area contributed by atoms with E-state index >= 15 is 0 Å². The van der Waals surface area contributed by atoms with Crippen molar-refractivity contribution in [2.75, 3.05) is 18.0 Å². The van der Waals surface area contributed by atoms with Crippen molar-refractivity contribution in [3.05, 3.63) is 29.8 Å². The van der Waals surface area contributed by atoms with Crippen LogP contribution >= 0.6 is 0 Å². The van der Waals surface area contributed by atoms with Crippen molar-refractivity contribution in [2.24, 2.45) is 17.8 Å². The van der Waals surface area contributed by atoms with Gasteiger partial charge in [0, 0.05) is 18.7 Å². The van der Waals surface area contributed by atoms with Gasteiger partial charge in [-0.15, -0.1) is 0 Å². The summed E-state index contributed by atoms with van der Waals surface area (Å²) >= 11 is 0. The van der Waals surface area contributed by atoms with E-state index in [2.05, 4.69) is 6.92 Å². The van der Waals surface area contributed by atoms with Gasteiger partial charge in [0.1, 0.15) is 0 Å². The Morgan fingerprint density at radius 2 is 1.58 bits per heavy atom. The zero-order chi connectivity index (χ0) is 18.3. The number of imide groups is 1. The average molecular weight is 354 g/mol. The van der Waals surface area contributed by atoms with E-state index in [9.17, 15) is 14.4 Å². The van der Waals surface area contributed by atoms with Gasteiger partial charge in [-0.1, -0.05) is 25.8 Å². The number of hydrogen-bond acceptors (Lipinski definition) is 3. The number of hydrogen-bond donors (Lipinski definition) is 0. The Bertz CT molecular complexity index is 713. The Morgan fingerprint density at radius 1 is 0.962 bits per heavy atom. The van der Waals surface area contributed by atoms with Crippen LogP contribution in [0.15, 0.2) is 24.3 Å². The van der Waals surface area contributed by atoms with E-state index in [1.165, 1.54) is 4.90 Å². The maximum atomic E-state index is 12.8. The van der Waals surface area contributed by atoms with Crippen LogP contribution in [0.4, 0.5) is 5.69 Å². The Balaban J connectivity index is 1.57. The summed E-state index contributed by atoms with van der Waals surface area (Å²) < 4.78 is 0. The highest BCUT2D eigenvalue weighted by Gasteiger charge is 2.48. The van der Waals surface area contributed by atoms with Gasteiger partial charge in [-0.3, -0.25) is 19.3 Å². The van der Waals surface area contributed by atoms with E-state index in [0.717, 1.165) is 51.6 Å². The third-order valence-corrected chi connectivity index (χ3v) is 6.26. The largest absolute Gasteiger partial charge is 0.339 e. The Labute approximate surface area is 154 Å². The van der Waals surface area contributed by atoms with Crippen LogP contribution in [-0.2, 0) is 9.59 Å². The van der Waals surface area contributed by atoms with Gasteiger partial charge in [0.15, 0.2) is 0 Å². The molecule has 4 rings (SSSR count). The number of carbonyl (C=O) groups excluding carboxylic acids is 3. The van der Waals surface area contributed by atoms with Crippen LogP contribution in [0.2, 0.25) is 0 Å². The van der Waals surface area contributed by atoms with E-state index in [1.807, 2.05) is 4.90 Å². The first-order valence-electron chi connectivity index (χ1n) is 9.83. The standard InChI is InChI=1S/C21H26N2O3/c1-14-9-11-22(12-10-14)19(24)15-5-4-6-16(13-15)23-20(25)17-7-2-3-8-18(17)21(23)26/h4-6,13-14,17-18H,2-3,7-12H2,1H3/t17-,18-/m0/s1. The van der Waals surface area contributed by atoms with E-state index in [0.29, 0.717) is 17.2 Å². The van der Waals surface area contributed by atoms with Crippen molar-refractivity contribution in [1.82, 2.24) is 4.90 Å². The third kappa shape index (κ3) is 2.93. The zero-order valence-electron chi connectivity index (χ0n) is 15.3. The van der Waals surface area contributed by atoms with Gasteiger partial charge in [0.25, 0.3) is 5.91 Å². The summed E-state index contributed by atoms with van der Waals surface area (Å²) in [6.45, 7) is 3.76. The number of rotatable bonds is 2. The first-order valence-corrected chi connectivity index (χ1v) is 9.83. The quantitative estimate of drug-likeness (QED) is 0.766. The molecule has 0 spiro atoms. The minimum atomic E-state index is -0.167. The van der Waals surface area contributed by atoms with Gasteiger partial charge < -0.3 is 4.90 Å². The van der Waals surface area contributed by atoms with Gasteiger partial charge >= 0.3 is 0 Å². The first kappa shape index (κ1) is 17.3. The van der Waals surface area contributed by atoms with Crippen LogP contribution in [-0.4, -0.2) is 35.7 Å². The maximum Gasteiger partial charge on any atom is 0.253 e. The van der Waals surface area contributed by atoms with Gasteiger partial charge in [-0.2, -0.15) is 0 Å². The number of carbonyl (C=O) groups is 3. The molecule has 2 atom stereocenters. The number of fused-ring (bicyclic) bond motifs is 1. The van der Waals surface area contributed by atoms with Gasteiger partial charge in [0.2, 0.25) is 11.8 Å². The molecule has 0 radical (unpaired) electrons. The predicted molar refractivity (Wildman–Crippen MR) is 98.7 cm³/mol. The number of piperidine rings is 1. The minimum absolute atomic E-state index is 0.00439. The summed E-state index contributed by atoms with van der Waals surface area (Å²) in [6, 6.07) is 7.04. The number of benzene rings is 1. The molecule has 0 unspecified atom stereocenters. The van der Waals surface area contributed by atoms with Crippen LogP contribution in [0.3, 0.4) is 0 Å². The molecule has 3 aliphatic rings. The van der Waals surface area contributed by atoms with Crippen LogP contribution in [0.25, 0.3) is 0 Å². The van der Waals surface area contributed by atoms with Crippen LogP contribution in [0, 0.1) is 17.8 Å². The normalized spacial score (nSPS) is 27.0. The summed E-state index contributed by atoms with van der Waals surface area (Å²) in [5.41, 5.74) is 1.11. The lowest BCUT2D eigenvalue weighted by Gasteiger charge is -2.30. The Morgan fingerprint density at radius 3 is 2.19 bits per heavy atom. The van der Waals surface area contributed by atoms with Crippen LogP contribution < -0.4 is 4.90 Å². The molecule has 2 heterocycles. The van der Waals surface area contributed by atoms with E-state index in [-0.39, 0.29) is 29.6 Å². The highest BCUT2D eigenvalue weighted by atomic mass is 16.2. The number of nitrogens with zero attached hydrogens (tertiary/aromatic N) is 2. The van der Waals surface area contributed by atoms with Gasteiger partial charge in [-0.25, -0.2) is 0 Å². The van der Waals surface area contributed by atoms with Crippen molar-refractivity contribution in [3.8, 4) is 0 Å². The Hall–Kier alpha value is -2.17. The molecule has 5 heteroatoms. The molecule has 5 nitrogen and oxygen atoms in total. The van der Waals surface area contributed by atoms with Gasteiger partial charge in [0.05, 0.1) is 17.5 Å². The predicted octanol–water partition coefficient (Wildman–Crippen LogP) is 3.24.